The zero-order chi connectivity index (χ0) is 17.4. The van der Waals surface area contributed by atoms with Gasteiger partial charge in [-0.1, -0.05) is 32.0 Å². The Kier molecular flexibility index (Phi) is 7.03. The summed E-state index contributed by atoms with van der Waals surface area (Å²) in [4.78, 5) is 14.5. The second-order valence-corrected chi connectivity index (χ2v) is 6.23. The van der Waals surface area contributed by atoms with Crippen molar-refractivity contribution in [2.45, 2.75) is 13.8 Å². The first-order valence-corrected chi connectivity index (χ1v) is 8.96. The monoisotopic (exact) mass is 345 g/mol. The number of likely N-dealkylation sites (N-methyl/N-ethyl adjacent to an activating group) is 1. The predicted octanol–water partition coefficient (Wildman–Crippen LogP) is 4.09. The molecule has 0 aliphatic carbocycles. The first-order chi connectivity index (χ1) is 11.6. The molecule has 0 atom stereocenters. The van der Waals surface area contributed by atoms with Crippen LogP contribution in [0, 0.1) is 0 Å². The van der Waals surface area contributed by atoms with E-state index in [-0.39, 0.29) is 0 Å². The number of rotatable bonds is 9. The summed E-state index contributed by atoms with van der Waals surface area (Å²) in [7, 11) is 0. The quantitative estimate of drug-likeness (QED) is 0.695. The molecular weight excluding hydrogens is 322 g/mol. The molecule has 0 aliphatic rings. The lowest BCUT2D eigenvalue weighted by atomic mass is 10.1. The van der Waals surface area contributed by atoms with Gasteiger partial charge in [0.2, 0.25) is 0 Å². The van der Waals surface area contributed by atoms with Crippen molar-refractivity contribution in [1.82, 2.24) is 4.90 Å². The van der Waals surface area contributed by atoms with Gasteiger partial charge in [-0.2, -0.15) is 0 Å². The second kappa shape index (κ2) is 9.25. The lowest BCUT2D eigenvalue weighted by Crippen LogP contribution is -2.27. The lowest BCUT2D eigenvalue weighted by molar-refractivity contribution is -0.130. The Morgan fingerprint density at radius 1 is 1.21 bits per heavy atom. The molecule has 0 bridgehead atoms. The summed E-state index contributed by atoms with van der Waals surface area (Å²) in [5.74, 6) is -0.121. The Labute approximate surface area is 147 Å². The number of carbonyl (C=O) groups is 1. The Balaban J connectivity index is 2.01. The molecular formula is C19H23NO3S. The van der Waals surface area contributed by atoms with Gasteiger partial charge in [-0.3, -0.25) is 0 Å². The third-order valence-corrected chi connectivity index (χ3v) is 4.68. The Morgan fingerprint density at radius 3 is 2.46 bits per heavy atom. The van der Waals surface area contributed by atoms with E-state index in [2.05, 4.69) is 18.7 Å². The van der Waals surface area contributed by atoms with E-state index in [4.69, 9.17) is 4.74 Å². The van der Waals surface area contributed by atoms with Crippen molar-refractivity contribution in [3.05, 3.63) is 52.2 Å². The van der Waals surface area contributed by atoms with Gasteiger partial charge >= 0.3 is 5.97 Å². The number of benzene rings is 1. The molecule has 4 nitrogen and oxygen atoms in total. The number of hydrogen-bond acceptors (Lipinski definition) is 4. The van der Waals surface area contributed by atoms with Crippen LogP contribution < -0.4 is 4.74 Å². The first kappa shape index (κ1) is 18.2. The van der Waals surface area contributed by atoms with E-state index in [1.165, 1.54) is 11.3 Å². The van der Waals surface area contributed by atoms with Crippen LogP contribution in [-0.2, 0) is 4.79 Å². The van der Waals surface area contributed by atoms with Crippen molar-refractivity contribution in [3.63, 3.8) is 0 Å². The van der Waals surface area contributed by atoms with E-state index in [1.807, 2.05) is 41.8 Å². The van der Waals surface area contributed by atoms with Crippen LogP contribution >= 0.6 is 11.3 Å². The highest BCUT2D eigenvalue weighted by Gasteiger charge is 2.11. The maximum absolute atomic E-state index is 11.4. The number of aliphatic carboxylic acids is 1. The van der Waals surface area contributed by atoms with Crippen molar-refractivity contribution in [3.8, 4) is 5.75 Å². The number of carboxylic acids is 1. The first-order valence-electron chi connectivity index (χ1n) is 8.08. The van der Waals surface area contributed by atoms with Gasteiger partial charge in [0.1, 0.15) is 12.4 Å². The third kappa shape index (κ3) is 5.22. The molecule has 24 heavy (non-hydrogen) atoms. The minimum atomic E-state index is -0.919. The molecule has 1 heterocycles. The third-order valence-electron chi connectivity index (χ3n) is 3.78. The molecule has 0 spiro atoms. The fourth-order valence-corrected chi connectivity index (χ4v) is 3.06. The highest BCUT2D eigenvalue weighted by molar-refractivity contribution is 7.11. The summed E-state index contributed by atoms with van der Waals surface area (Å²) in [6.45, 7) is 7.85. The average molecular weight is 345 g/mol. The van der Waals surface area contributed by atoms with Gasteiger partial charge < -0.3 is 14.7 Å². The summed E-state index contributed by atoms with van der Waals surface area (Å²) in [6, 6.07) is 11.2. The molecule has 0 amide bonds. The van der Waals surface area contributed by atoms with Crippen LogP contribution in [0.3, 0.4) is 0 Å². The number of thiophene rings is 1. The van der Waals surface area contributed by atoms with Crippen LogP contribution in [0.15, 0.2) is 41.8 Å². The zero-order valence-electron chi connectivity index (χ0n) is 14.1. The van der Waals surface area contributed by atoms with Crippen LogP contribution in [0.25, 0.3) is 11.6 Å². The summed E-state index contributed by atoms with van der Waals surface area (Å²) in [5, 5.41) is 11.3. The van der Waals surface area contributed by atoms with Crippen molar-refractivity contribution in [2.24, 2.45) is 0 Å². The molecule has 2 rings (SSSR count). The van der Waals surface area contributed by atoms with Crippen molar-refractivity contribution < 1.29 is 14.6 Å². The van der Waals surface area contributed by atoms with Crippen LogP contribution in [0.2, 0.25) is 0 Å². The second-order valence-electron chi connectivity index (χ2n) is 5.28. The van der Waals surface area contributed by atoms with E-state index in [0.717, 1.165) is 35.8 Å². The molecule has 128 valence electrons. The minimum absolute atomic E-state index is 0.306. The Bertz CT molecular complexity index is 658. The van der Waals surface area contributed by atoms with Gasteiger partial charge in [-0.15, -0.1) is 11.3 Å². The van der Waals surface area contributed by atoms with E-state index in [0.29, 0.717) is 12.2 Å². The Hall–Kier alpha value is -2.11. The summed E-state index contributed by atoms with van der Waals surface area (Å²) >= 11 is 1.42. The minimum Gasteiger partial charge on any atom is -0.492 e. The molecule has 5 heteroatoms. The molecule has 0 fully saturated rings. The van der Waals surface area contributed by atoms with E-state index < -0.39 is 5.97 Å². The molecule has 0 saturated carbocycles. The number of nitrogens with zero attached hydrogens (tertiary/aromatic N) is 1. The molecule has 0 unspecified atom stereocenters. The van der Waals surface area contributed by atoms with Crippen molar-refractivity contribution in [1.29, 1.82) is 0 Å². The van der Waals surface area contributed by atoms with Gasteiger partial charge in [0.05, 0.1) is 5.57 Å². The maximum Gasteiger partial charge on any atom is 0.337 e. The van der Waals surface area contributed by atoms with Gasteiger partial charge in [0.15, 0.2) is 0 Å². The molecule has 0 saturated heterocycles. The SMILES string of the molecule is CCN(CC)CCOc1ccc(/C=C(\C(=O)O)c2cccs2)cc1. The van der Waals surface area contributed by atoms with Crippen LogP contribution in [0.1, 0.15) is 24.3 Å². The normalized spacial score (nSPS) is 11.7. The zero-order valence-corrected chi connectivity index (χ0v) is 14.9. The smallest absolute Gasteiger partial charge is 0.337 e. The molecule has 1 N–H and O–H groups in total. The van der Waals surface area contributed by atoms with Gasteiger partial charge in [-0.05, 0) is 48.3 Å². The van der Waals surface area contributed by atoms with Crippen molar-refractivity contribution >= 4 is 29.0 Å². The summed E-state index contributed by atoms with van der Waals surface area (Å²) in [6.07, 6.45) is 1.69. The van der Waals surface area contributed by atoms with Gasteiger partial charge in [-0.25, -0.2) is 4.79 Å². The number of ether oxygens (including phenoxy) is 1. The molecule has 1 aromatic carbocycles. The number of carboxylic acid groups (broad SMARTS) is 1. The molecule has 2 aromatic rings. The lowest BCUT2D eigenvalue weighted by Gasteiger charge is -2.18. The summed E-state index contributed by atoms with van der Waals surface area (Å²) in [5.41, 5.74) is 1.15. The van der Waals surface area contributed by atoms with Crippen LogP contribution in [0.5, 0.6) is 5.75 Å². The molecule has 1 aromatic heterocycles. The predicted molar refractivity (Wildman–Crippen MR) is 99.6 cm³/mol. The van der Waals surface area contributed by atoms with Crippen molar-refractivity contribution in [2.75, 3.05) is 26.2 Å². The Morgan fingerprint density at radius 2 is 1.92 bits per heavy atom. The van der Waals surface area contributed by atoms with Crippen LogP contribution in [-0.4, -0.2) is 42.2 Å². The fourth-order valence-electron chi connectivity index (χ4n) is 2.33. The summed E-state index contributed by atoms with van der Waals surface area (Å²) < 4.78 is 5.74. The highest BCUT2D eigenvalue weighted by Crippen LogP contribution is 2.24. The molecule has 0 aliphatic heterocycles. The largest absolute Gasteiger partial charge is 0.492 e. The van der Waals surface area contributed by atoms with Gasteiger partial charge in [0, 0.05) is 11.4 Å². The van der Waals surface area contributed by atoms with E-state index in [1.54, 1.807) is 6.08 Å². The number of hydrogen-bond donors (Lipinski definition) is 1. The molecule has 0 radical (unpaired) electrons. The highest BCUT2D eigenvalue weighted by atomic mass is 32.1. The standard InChI is InChI=1S/C19H23NO3S/c1-3-20(4-2)11-12-23-16-9-7-15(8-10-16)14-17(19(21)22)18-6-5-13-24-18/h5-10,13-14H,3-4,11-12H2,1-2H3,(H,21,22)/b17-14-. The van der Waals surface area contributed by atoms with E-state index in [9.17, 15) is 9.90 Å². The van der Waals surface area contributed by atoms with Gasteiger partial charge in [0.25, 0.3) is 0 Å². The topological polar surface area (TPSA) is 49.8 Å². The average Bonchev–Trinajstić information content (AvgIpc) is 3.11. The van der Waals surface area contributed by atoms with E-state index >= 15 is 0 Å². The fraction of sp³-hybridized carbons (Fsp3) is 0.316. The maximum atomic E-state index is 11.4. The van der Waals surface area contributed by atoms with Crippen LogP contribution in [0.4, 0.5) is 0 Å².